The second kappa shape index (κ2) is 6.38. The van der Waals surface area contributed by atoms with Crippen molar-refractivity contribution in [2.45, 2.75) is 18.9 Å². The zero-order valence-electron chi connectivity index (χ0n) is 14.6. The molecule has 0 radical (unpaired) electrons. The summed E-state index contributed by atoms with van der Waals surface area (Å²) < 4.78 is 13.5. The van der Waals surface area contributed by atoms with Gasteiger partial charge in [-0.1, -0.05) is 6.07 Å². The minimum atomic E-state index is -0.200. The van der Waals surface area contributed by atoms with Gasteiger partial charge in [0.25, 0.3) is 0 Å². The number of halogens is 1. The Bertz CT molecular complexity index is 767. The van der Waals surface area contributed by atoms with Gasteiger partial charge in [-0.2, -0.15) is 0 Å². The first-order valence-corrected chi connectivity index (χ1v) is 8.67. The van der Waals surface area contributed by atoms with Gasteiger partial charge in [-0.05, 0) is 31.0 Å². The van der Waals surface area contributed by atoms with Gasteiger partial charge in [0.1, 0.15) is 17.8 Å². The van der Waals surface area contributed by atoms with E-state index in [0.29, 0.717) is 6.04 Å². The summed E-state index contributed by atoms with van der Waals surface area (Å²) in [6.45, 7) is 2.57. The third kappa shape index (κ3) is 2.94. The van der Waals surface area contributed by atoms with Crippen LogP contribution in [0.25, 0.3) is 0 Å². The van der Waals surface area contributed by atoms with Crippen LogP contribution in [0, 0.1) is 5.82 Å². The molecule has 0 bridgehead atoms. The summed E-state index contributed by atoms with van der Waals surface area (Å²) in [6.07, 6.45) is 3.87. The highest BCUT2D eigenvalue weighted by atomic mass is 19.1. The zero-order valence-corrected chi connectivity index (χ0v) is 14.6. The quantitative estimate of drug-likeness (QED) is 0.921. The summed E-state index contributed by atoms with van der Waals surface area (Å²) in [4.78, 5) is 15.6. The van der Waals surface area contributed by atoms with Crippen molar-refractivity contribution in [1.82, 2.24) is 9.97 Å². The Balaban J connectivity index is 1.57. The molecule has 4 rings (SSSR count). The highest BCUT2D eigenvalue weighted by Crippen LogP contribution is 2.39. The fraction of sp³-hybridized carbons (Fsp3) is 0.444. The second-order valence-corrected chi connectivity index (χ2v) is 6.78. The van der Waals surface area contributed by atoms with Crippen molar-refractivity contribution >= 4 is 23.0 Å². The van der Waals surface area contributed by atoms with Crippen LogP contribution in [-0.4, -0.2) is 49.9 Å². The lowest BCUT2D eigenvalue weighted by molar-refractivity contribution is 0.622. The molecular formula is C18H23FN6. The Labute approximate surface area is 147 Å². The third-order valence-corrected chi connectivity index (χ3v) is 5.05. The van der Waals surface area contributed by atoms with Crippen molar-refractivity contribution < 1.29 is 4.39 Å². The van der Waals surface area contributed by atoms with Crippen molar-refractivity contribution in [2.75, 3.05) is 53.9 Å². The van der Waals surface area contributed by atoms with Gasteiger partial charge in [0.2, 0.25) is 0 Å². The molecule has 7 heteroatoms. The van der Waals surface area contributed by atoms with Gasteiger partial charge in [-0.15, -0.1) is 0 Å². The van der Waals surface area contributed by atoms with E-state index in [-0.39, 0.29) is 5.82 Å². The largest absolute Gasteiger partial charge is 0.372 e. The molecule has 25 heavy (non-hydrogen) atoms. The van der Waals surface area contributed by atoms with Gasteiger partial charge >= 0.3 is 0 Å². The number of likely N-dealkylation sites (N-methyl/N-ethyl adjacent to an activating group) is 1. The Morgan fingerprint density at radius 3 is 3.08 bits per heavy atom. The third-order valence-electron chi connectivity index (χ3n) is 5.05. The van der Waals surface area contributed by atoms with E-state index >= 15 is 0 Å². The number of hydrogen-bond donors (Lipinski definition) is 1. The number of anilines is 4. The maximum Gasteiger partial charge on any atom is 0.158 e. The van der Waals surface area contributed by atoms with Crippen LogP contribution in [-0.2, 0) is 0 Å². The summed E-state index contributed by atoms with van der Waals surface area (Å²) in [6, 6.07) is 7.11. The van der Waals surface area contributed by atoms with Crippen molar-refractivity contribution in [2.24, 2.45) is 0 Å². The van der Waals surface area contributed by atoms with E-state index in [1.54, 1.807) is 18.5 Å². The van der Waals surface area contributed by atoms with Crippen LogP contribution in [0.15, 0.2) is 30.6 Å². The molecule has 1 unspecified atom stereocenters. The Kier molecular flexibility index (Phi) is 4.07. The van der Waals surface area contributed by atoms with E-state index < -0.39 is 0 Å². The summed E-state index contributed by atoms with van der Waals surface area (Å²) >= 11 is 0. The average Bonchev–Trinajstić information content (AvgIpc) is 3.22. The minimum Gasteiger partial charge on any atom is -0.372 e. The van der Waals surface area contributed by atoms with E-state index in [2.05, 4.69) is 37.0 Å². The van der Waals surface area contributed by atoms with Crippen LogP contribution < -0.4 is 20.0 Å². The van der Waals surface area contributed by atoms with E-state index in [1.165, 1.54) is 6.07 Å². The lowest BCUT2D eigenvalue weighted by Gasteiger charge is -2.32. The monoisotopic (exact) mass is 342 g/mol. The van der Waals surface area contributed by atoms with Gasteiger partial charge in [-0.3, -0.25) is 0 Å². The maximum atomic E-state index is 13.5. The minimum absolute atomic E-state index is 0.200. The molecule has 0 saturated carbocycles. The van der Waals surface area contributed by atoms with Crippen molar-refractivity contribution in [3.8, 4) is 0 Å². The topological polar surface area (TPSA) is 47.5 Å². The van der Waals surface area contributed by atoms with Crippen LogP contribution in [0.1, 0.15) is 12.8 Å². The molecule has 0 aliphatic carbocycles. The van der Waals surface area contributed by atoms with Gasteiger partial charge < -0.3 is 20.0 Å². The highest BCUT2D eigenvalue weighted by molar-refractivity contribution is 5.82. The van der Waals surface area contributed by atoms with Crippen LogP contribution in [0.2, 0.25) is 0 Å². The van der Waals surface area contributed by atoms with Crippen molar-refractivity contribution in [1.29, 1.82) is 0 Å². The van der Waals surface area contributed by atoms with Crippen LogP contribution >= 0.6 is 0 Å². The molecule has 1 atom stereocenters. The molecular weight excluding hydrogens is 319 g/mol. The van der Waals surface area contributed by atoms with E-state index in [9.17, 15) is 4.39 Å². The number of fused-ring (bicyclic) bond motifs is 1. The molecule has 3 heterocycles. The molecule has 2 aliphatic rings. The molecule has 6 nitrogen and oxygen atoms in total. The fourth-order valence-corrected chi connectivity index (χ4v) is 3.77. The van der Waals surface area contributed by atoms with Gasteiger partial charge in [0.05, 0.1) is 6.67 Å². The summed E-state index contributed by atoms with van der Waals surface area (Å²) in [7, 11) is 4.07. The first kappa shape index (κ1) is 15.9. The fourth-order valence-electron chi connectivity index (χ4n) is 3.77. The van der Waals surface area contributed by atoms with Crippen molar-refractivity contribution in [3.63, 3.8) is 0 Å². The number of benzene rings is 1. The van der Waals surface area contributed by atoms with Gasteiger partial charge in [0.15, 0.2) is 11.6 Å². The summed E-state index contributed by atoms with van der Waals surface area (Å²) in [5.74, 6) is 1.69. The zero-order chi connectivity index (χ0) is 17.4. The van der Waals surface area contributed by atoms with Crippen LogP contribution in [0.4, 0.5) is 27.4 Å². The molecule has 1 N–H and O–H groups in total. The van der Waals surface area contributed by atoms with E-state index in [4.69, 9.17) is 0 Å². The molecule has 1 aromatic carbocycles. The smallest absolute Gasteiger partial charge is 0.158 e. The SMILES string of the molecule is CN(CC1CCCN1c1ncnc2c1N(C)CN2)c1cccc(F)c1. The summed E-state index contributed by atoms with van der Waals surface area (Å²) in [5, 5.41) is 3.30. The van der Waals surface area contributed by atoms with Crippen LogP contribution in [0.5, 0.6) is 0 Å². The van der Waals surface area contributed by atoms with Gasteiger partial charge in [0, 0.05) is 38.9 Å². The Hall–Kier alpha value is -2.57. The van der Waals surface area contributed by atoms with Gasteiger partial charge in [-0.25, -0.2) is 14.4 Å². The second-order valence-electron chi connectivity index (χ2n) is 6.78. The molecule has 1 aromatic heterocycles. The molecule has 1 saturated heterocycles. The average molecular weight is 342 g/mol. The highest BCUT2D eigenvalue weighted by Gasteiger charge is 2.32. The summed E-state index contributed by atoms with van der Waals surface area (Å²) in [5.41, 5.74) is 1.97. The first-order valence-electron chi connectivity index (χ1n) is 8.67. The molecule has 2 aliphatic heterocycles. The van der Waals surface area contributed by atoms with Crippen molar-refractivity contribution in [3.05, 3.63) is 36.4 Å². The Morgan fingerprint density at radius 1 is 1.36 bits per heavy atom. The lowest BCUT2D eigenvalue weighted by atomic mass is 10.2. The Morgan fingerprint density at radius 2 is 2.24 bits per heavy atom. The number of nitrogens with one attached hydrogen (secondary N) is 1. The predicted octanol–water partition coefficient (Wildman–Crippen LogP) is 2.54. The predicted molar refractivity (Wildman–Crippen MR) is 99.0 cm³/mol. The van der Waals surface area contributed by atoms with E-state index in [1.807, 2.05) is 13.1 Å². The van der Waals surface area contributed by atoms with E-state index in [0.717, 1.165) is 55.6 Å². The lowest BCUT2D eigenvalue weighted by Crippen LogP contribution is -2.40. The molecule has 1 fully saturated rings. The number of nitrogens with zero attached hydrogens (tertiary/aromatic N) is 5. The molecule has 0 amide bonds. The molecule has 0 spiro atoms. The standard InChI is InChI=1S/C18H23FN6/c1-23(14-6-3-5-13(19)9-14)10-15-7-4-8-25(15)18-16-17(20-11-21-18)22-12-24(16)2/h3,5-6,9,11,15H,4,7-8,10,12H2,1-2H3,(H,20,21,22). The van der Waals surface area contributed by atoms with Crippen LogP contribution in [0.3, 0.4) is 0 Å². The number of hydrogen-bond acceptors (Lipinski definition) is 6. The number of rotatable bonds is 4. The number of aromatic nitrogens is 2. The molecule has 2 aromatic rings. The first-order chi connectivity index (χ1) is 12.1. The molecule has 132 valence electrons. The maximum absolute atomic E-state index is 13.5. The normalized spacial score (nSPS) is 19.1.